The molecular weight excluding hydrogens is 322 g/mol. The highest BCUT2D eigenvalue weighted by Crippen LogP contribution is 2.32. The fraction of sp³-hybridized carbons (Fsp3) is 0.222. The van der Waals surface area contributed by atoms with Gasteiger partial charge in [0.05, 0.1) is 24.6 Å². The molecule has 6 heteroatoms. The van der Waals surface area contributed by atoms with Gasteiger partial charge < -0.3 is 14.2 Å². The Morgan fingerprint density at radius 3 is 3.04 bits per heavy atom. The fourth-order valence-electron chi connectivity index (χ4n) is 3.09. The third kappa shape index (κ3) is 2.59. The lowest BCUT2D eigenvalue weighted by molar-refractivity contribution is 0.0589. The number of aromatic nitrogens is 2. The number of ether oxygens (including phenoxy) is 1. The normalized spacial score (nSPS) is 16.7. The van der Waals surface area contributed by atoms with Crippen LogP contribution in [0.15, 0.2) is 54.2 Å². The first-order chi connectivity index (χ1) is 11.8. The minimum absolute atomic E-state index is 0.0450. The maximum absolute atomic E-state index is 13.0. The summed E-state index contributed by atoms with van der Waals surface area (Å²) in [6, 6.07) is 11.7. The highest BCUT2D eigenvalue weighted by molar-refractivity contribution is 7.12. The predicted molar refractivity (Wildman–Crippen MR) is 92.2 cm³/mol. The monoisotopic (exact) mass is 339 g/mol. The van der Waals surface area contributed by atoms with Gasteiger partial charge in [-0.05, 0) is 29.1 Å². The Morgan fingerprint density at radius 1 is 1.33 bits per heavy atom. The SMILES string of the molecule is COc1cccc(C2Cn3ccnc3CN2C(=O)c2cccs2)c1. The number of fused-ring (bicyclic) bond motifs is 1. The van der Waals surface area contributed by atoms with Crippen molar-refractivity contribution in [3.63, 3.8) is 0 Å². The smallest absolute Gasteiger partial charge is 0.264 e. The van der Waals surface area contributed by atoms with Gasteiger partial charge >= 0.3 is 0 Å². The summed E-state index contributed by atoms with van der Waals surface area (Å²) >= 11 is 1.47. The molecule has 122 valence electrons. The second-order valence-corrected chi connectivity index (χ2v) is 6.65. The molecule has 0 aliphatic carbocycles. The molecule has 0 fully saturated rings. The van der Waals surface area contributed by atoms with Crippen LogP contribution in [0.1, 0.15) is 27.1 Å². The summed E-state index contributed by atoms with van der Waals surface area (Å²) < 4.78 is 7.46. The second-order valence-electron chi connectivity index (χ2n) is 5.70. The van der Waals surface area contributed by atoms with Gasteiger partial charge in [0.15, 0.2) is 0 Å². The summed E-state index contributed by atoms with van der Waals surface area (Å²) in [5.74, 6) is 1.76. The van der Waals surface area contributed by atoms with Crippen LogP contribution in [0.3, 0.4) is 0 Å². The molecule has 3 heterocycles. The fourth-order valence-corrected chi connectivity index (χ4v) is 3.77. The van der Waals surface area contributed by atoms with E-state index in [9.17, 15) is 4.79 Å². The van der Waals surface area contributed by atoms with Crippen molar-refractivity contribution in [2.75, 3.05) is 7.11 Å². The third-order valence-corrected chi connectivity index (χ3v) is 5.19. The molecule has 1 aliphatic heterocycles. The Labute approximate surface area is 144 Å². The number of imidazole rings is 1. The number of amides is 1. The van der Waals surface area contributed by atoms with Gasteiger partial charge in [0.2, 0.25) is 0 Å². The average molecular weight is 339 g/mol. The highest BCUT2D eigenvalue weighted by atomic mass is 32.1. The van der Waals surface area contributed by atoms with E-state index in [1.807, 2.05) is 52.9 Å². The lowest BCUT2D eigenvalue weighted by Crippen LogP contribution is -2.40. The molecule has 0 N–H and O–H groups in total. The zero-order valence-electron chi connectivity index (χ0n) is 13.3. The number of benzene rings is 1. The topological polar surface area (TPSA) is 47.4 Å². The summed E-state index contributed by atoms with van der Waals surface area (Å²) in [7, 11) is 1.66. The number of nitrogens with zero attached hydrogens (tertiary/aromatic N) is 3. The van der Waals surface area contributed by atoms with Crippen LogP contribution in [0.5, 0.6) is 5.75 Å². The molecule has 1 unspecified atom stereocenters. The molecule has 0 saturated heterocycles. The Balaban J connectivity index is 1.74. The number of hydrogen-bond acceptors (Lipinski definition) is 4. The van der Waals surface area contributed by atoms with Crippen LogP contribution in [0, 0.1) is 0 Å². The van der Waals surface area contributed by atoms with Gasteiger partial charge in [-0.15, -0.1) is 11.3 Å². The van der Waals surface area contributed by atoms with Crippen molar-refractivity contribution in [3.05, 3.63) is 70.4 Å². The van der Waals surface area contributed by atoms with E-state index in [0.717, 1.165) is 22.0 Å². The minimum atomic E-state index is -0.0450. The molecule has 2 aromatic heterocycles. The molecule has 1 aliphatic rings. The maximum atomic E-state index is 13.0. The van der Waals surface area contributed by atoms with Crippen LogP contribution in [-0.2, 0) is 13.1 Å². The highest BCUT2D eigenvalue weighted by Gasteiger charge is 2.32. The third-order valence-electron chi connectivity index (χ3n) is 4.33. The zero-order chi connectivity index (χ0) is 16.5. The van der Waals surface area contributed by atoms with E-state index in [0.29, 0.717) is 13.1 Å². The van der Waals surface area contributed by atoms with Gasteiger partial charge in [-0.3, -0.25) is 4.79 Å². The first-order valence-electron chi connectivity index (χ1n) is 7.74. The molecule has 3 aromatic rings. The number of thiophene rings is 1. The quantitative estimate of drug-likeness (QED) is 0.735. The van der Waals surface area contributed by atoms with Crippen molar-refractivity contribution in [2.45, 2.75) is 19.1 Å². The molecule has 1 aromatic carbocycles. The second kappa shape index (κ2) is 6.13. The van der Waals surface area contributed by atoms with Crippen LogP contribution < -0.4 is 4.74 Å². The average Bonchev–Trinajstić information content (AvgIpc) is 3.31. The lowest BCUT2D eigenvalue weighted by Gasteiger charge is -2.36. The molecule has 0 bridgehead atoms. The van der Waals surface area contributed by atoms with Crippen molar-refractivity contribution in [3.8, 4) is 5.75 Å². The summed E-state index contributed by atoms with van der Waals surface area (Å²) in [5, 5.41) is 1.93. The van der Waals surface area contributed by atoms with E-state index in [4.69, 9.17) is 4.74 Å². The largest absolute Gasteiger partial charge is 0.497 e. The molecule has 1 amide bonds. The van der Waals surface area contributed by atoms with Crippen molar-refractivity contribution < 1.29 is 9.53 Å². The van der Waals surface area contributed by atoms with Gasteiger partial charge in [-0.2, -0.15) is 0 Å². The summed E-state index contributed by atoms with van der Waals surface area (Å²) in [5.41, 5.74) is 1.07. The van der Waals surface area contributed by atoms with Gasteiger partial charge in [-0.1, -0.05) is 18.2 Å². The van der Waals surface area contributed by atoms with Crippen LogP contribution >= 0.6 is 11.3 Å². The number of methoxy groups -OCH3 is 1. The molecule has 0 spiro atoms. The van der Waals surface area contributed by atoms with Crippen molar-refractivity contribution in [1.82, 2.24) is 14.5 Å². The summed E-state index contributed by atoms with van der Waals surface area (Å²) in [4.78, 5) is 20.0. The van der Waals surface area contributed by atoms with Crippen LogP contribution in [0.2, 0.25) is 0 Å². The minimum Gasteiger partial charge on any atom is -0.497 e. The lowest BCUT2D eigenvalue weighted by atomic mass is 10.0. The van der Waals surface area contributed by atoms with Gasteiger partial charge in [0, 0.05) is 18.9 Å². The Hall–Kier alpha value is -2.60. The molecular formula is C18H17N3O2S. The number of carbonyl (C=O) groups is 1. The van der Waals surface area contributed by atoms with E-state index < -0.39 is 0 Å². The number of hydrogen-bond donors (Lipinski definition) is 0. The molecule has 24 heavy (non-hydrogen) atoms. The Bertz CT molecular complexity index is 857. The van der Waals surface area contributed by atoms with Crippen molar-refractivity contribution in [1.29, 1.82) is 0 Å². The molecule has 0 saturated carbocycles. The van der Waals surface area contributed by atoms with E-state index in [-0.39, 0.29) is 11.9 Å². The van der Waals surface area contributed by atoms with Crippen LogP contribution in [-0.4, -0.2) is 27.5 Å². The molecule has 5 nitrogen and oxygen atoms in total. The van der Waals surface area contributed by atoms with E-state index in [1.165, 1.54) is 11.3 Å². The first kappa shape index (κ1) is 15.0. The molecule has 0 radical (unpaired) electrons. The van der Waals surface area contributed by atoms with E-state index >= 15 is 0 Å². The standard InChI is InChI=1S/C18H17N3O2S/c1-23-14-5-2-4-13(10-14)15-11-20-8-7-19-17(20)12-21(15)18(22)16-6-3-9-24-16/h2-10,15H,11-12H2,1H3. The van der Waals surface area contributed by atoms with Crippen LogP contribution in [0.25, 0.3) is 0 Å². The van der Waals surface area contributed by atoms with Gasteiger partial charge in [0.25, 0.3) is 5.91 Å². The number of rotatable bonds is 3. The summed E-state index contributed by atoms with van der Waals surface area (Å²) in [6.07, 6.45) is 3.76. The Kier molecular flexibility index (Phi) is 3.82. The van der Waals surface area contributed by atoms with Gasteiger partial charge in [0.1, 0.15) is 11.6 Å². The predicted octanol–water partition coefficient (Wildman–Crippen LogP) is 3.35. The zero-order valence-corrected chi connectivity index (χ0v) is 14.1. The Morgan fingerprint density at radius 2 is 2.25 bits per heavy atom. The van der Waals surface area contributed by atoms with Crippen molar-refractivity contribution in [2.24, 2.45) is 0 Å². The van der Waals surface area contributed by atoms with Crippen LogP contribution in [0.4, 0.5) is 0 Å². The molecule has 4 rings (SSSR count). The van der Waals surface area contributed by atoms with Gasteiger partial charge in [-0.25, -0.2) is 4.98 Å². The molecule has 1 atom stereocenters. The van der Waals surface area contributed by atoms with E-state index in [1.54, 1.807) is 13.3 Å². The first-order valence-corrected chi connectivity index (χ1v) is 8.62. The maximum Gasteiger partial charge on any atom is 0.264 e. The van der Waals surface area contributed by atoms with Crippen molar-refractivity contribution >= 4 is 17.2 Å². The summed E-state index contributed by atoms with van der Waals surface area (Å²) in [6.45, 7) is 1.20. The number of carbonyl (C=O) groups excluding carboxylic acids is 1. The van der Waals surface area contributed by atoms with E-state index in [2.05, 4.69) is 9.55 Å².